The predicted molar refractivity (Wildman–Crippen MR) is 122 cm³/mol. The van der Waals surface area contributed by atoms with Crippen molar-refractivity contribution in [3.8, 4) is 22.8 Å². The molecule has 0 saturated heterocycles. The summed E-state index contributed by atoms with van der Waals surface area (Å²) in [6.07, 6.45) is -4.78. The number of rotatable bonds is 5. The number of ether oxygens (including phenoxy) is 2. The summed E-state index contributed by atoms with van der Waals surface area (Å²) in [5.41, 5.74) is 1.68. The molecule has 34 heavy (non-hydrogen) atoms. The number of methoxy groups -OCH3 is 2. The molecule has 1 amide bonds. The molecule has 0 saturated carbocycles. The Labute approximate surface area is 198 Å². The van der Waals surface area contributed by atoms with E-state index in [4.69, 9.17) is 21.1 Å². The van der Waals surface area contributed by atoms with Gasteiger partial charge in [-0.3, -0.25) is 4.79 Å². The van der Waals surface area contributed by atoms with Crippen molar-refractivity contribution in [2.75, 3.05) is 26.6 Å². The zero-order valence-corrected chi connectivity index (χ0v) is 19.3. The summed E-state index contributed by atoms with van der Waals surface area (Å²) in [4.78, 5) is 11.9. The van der Waals surface area contributed by atoms with E-state index >= 15 is 0 Å². The van der Waals surface area contributed by atoms with Crippen molar-refractivity contribution >= 4 is 23.3 Å². The van der Waals surface area contributed by atoms with Crippen LogP contribution in [0.1, 0.15) is 34.4 Å². The lowest BCUT2D eigenvalue weighted by Gasteiger charge is -2.33. The number of alkyl halides is 3. The number of hydrogen-bond donors (Lipinski definition) is 2. The molecular weight excluding hydrogens is 473 g/mol. The first-order chi connectivity index (χ1) is 16.2. The van der Waals surface area contributed by atoms with Gasteiger partial charge in [-0.2, -0.15) is 18.3 Å². The Balaban J connectivity index is 1.72. The Morgan fingerprint density at radius 1 is 1.15 bits per heavy atom. The second-order valence-electron chi connectivity index (χ2n) is 7.74. The maximum absolute atomic E-state index is 14.0. The Morgan fingerprint density at radius 2 is 1.88 bits per heavy atom. The minimum absolute atomic E-state index is 0.173. The molecule has 180 valence electrons. The molecule has 2 heterocycles. The lowest BCUT2D eigenvalue weighted by Crippen LogP contribution is -2.35. The summed E-state index contributed by atoms with van der Waals surface area (Å²) in [6, 6.07) is 8.70. The molecule has 0 aliphatic carbocycles. The van der Waals surface area contributed by atoms with Crippen LogP contribution in [0, 0.1) is 0 Å². The summed E-state index contributed by atoms with van der Waals surface area (Å²) >= 11 is 6.22. The molecule has 1 aliphatic heterocycles. The molecule has 4 rings (SSSR count). The van der Waals surface area contributed by atoms with E-state index in [1.165, 1.54) is 39.5 Å². The summed E-state index contributed by atoms with van der Waals surface area (Å²) in [7, 11) is 4.44. The number of nitrogens with zero attached hydrogens (tertiary/aromatic N) is 2. The molecule has 2 atom stereocenters. The Hall–Kier alpha value is -3.40. The van der Waals surface area contributed by atoms with Crippen LogP contribution in [-0.2, 0) is 0 Å². The van der Waals surface area contributed by atoms with Crippen LogP contribution in [0.15, 0.2) is 42.5 Å². The summed E-state index contributed by atoms with van der Waals surface area (Å²) in [5.74, 6) is 0.766. The monoisotopic (exact) mass is 494 g/mol. The van der Waals surface area contributed by atoms with Crippen molar-refractivity contribution in [3.63, 3.8) is 0 Å². The predicted octanol–water partition coefficient (Wildman–Crippen LogP) is 5.24. The highest BCUT2D eigenvalue weighted by atomic mass is 35.5. The second-order valence-corrected chi connectivity index (χ2v) is 8.14. The first-order valence-electron chi connectivity index (χ1n) is 10.3. The molecule has 2 unspecified atom stereocenters. The number of carbonyl (C=O) groups is 1. The minimum Gasteiger partial charge on any atom is -0.493 e. The van der Waals surface area contributed by atoms with E-state index in [1.807, 2.05) is 0 Å². The SMILES string of the molecule is CNC(=O)c1ccc(-c2cc3n(n2)C(C(F)(F)F)CC(c2ccc(OC)c(OC)c2)N3)cc1Cl. The van der Waals surface area contributed by atoms with Crippen LogP contribution in [0.5, 0.6) is 11.5 Å². The van der Waals surface area contributed by atoms with Gasteiger partial charge in [-0.1, -0.05) is 23.7 Å². The maximum Gasteiger partial charge on any atom is 0.410 e. The number of carbonyl (C=O) groups excluding carboxylic acids is 1. The van der Waals surface area contributed by atoms with Crippen LogP contribution in [0.4, 0.5) is 19.0 Å². The first kappa shape index (κ1) is 23.7. The van der Waals surface area contributed by atoms with Gasteiger partial charge in [0.25, 0.3) is 5.91 Å². The molecular formula is C23H22ClF3N4O3. The maximum atomic E-state index is 14.0. The summed E-state index contributed by atoms with van der Waals surface area (Å²) < 4.78 is 53.6. The zero-order valence-electron chi connectivity index (χ0n) is 18.5. The topological polar surface area (TPSA) is 77.4 Å². The number of nitrogens with one attached hydrogen (secondary N) is 2. The highest BCUT2D eigenvalue weighted by Gasteiger charge is 2.46. The van der Waals surface area contributed by atoms with Crippen LogP contribution in [0.25, 0.3) is 11.3 Å². The fraction of sp³-hybridized carbons (Fsp3) is 0.304. The largest absolute Gasteiger partial charge is 0.493 e. The van der Waals surface area contributed by atoms with E-state index in [0.29, 0.717) is 28.3 Å². The lowest BCUT2D eigenvalue weighted by molar-refractivity contribution is -0.173. The van der Waals surface area contributed by atoms with Crippen molar-refractivity contribution in [3.05, 3.63) is 58.6 Å². The van der Waals surface area contributed by atoms with Crippen LogP contribution in [-0.4, -0.2) is 43.1 Å². The highest BCUT2D eigenvalue weighted by molar-refractivity contribution is 6.34. The Morgan fingerprint density at radius 3 is 2.50 bits per heavy atom. The number of amides is 1. The van der Waals surface area contributed by atoms with Gasteiger partial charge in [-0.15, -0.1) is 0 Å². The van der Waals surface area contributed by atoms with E-state index < -0.39 is 18.3 Å². The highest BCUT2D eigenvalue weighted by Crippen LogP contribution is 2.45. The number of aromatic nitrogens is 2. The third-order valence-electron chi connectivity index (χ3n) is 5.74. The van der Waals surface area contributed by atoms with Crippen molar-refractivity contribution in [2.45, 2.75) is 24.7 Å². The van der Waals surface area contributed by atoms with Gasteiger partial charge in [-0.25, -0.2) is 4.68 Å². The van der Waals surface area contributed by atoms with Gasteiger partial charge in [0, 0.05) is 25.1 Å². The summed E-state index contributed by atoms with van der Waals surface area (Å²) in [5, 5.41) is 10.0. The van der Waals surface area contributed by atoms with Gasteiger partial charge in [0.1, 0.15) is 5.82 Å². The minimum atomic E-state index is -4.52. The van der Waals surface area contributed by atoms with Crippen LogP contribution >= 0.6 is 11.6 Å². The van der Waals surface area contributed by atoms with Gasteiger partial charge in [0.2, 0.25) is 0 Å². The Kier molecular flexibility index (Phi) is 6.35. The van der Waals surface area contributed by atoms with E-state index in [9.17, 15) is 18.0 Å². The second kappa shape index (κ2) is 9.09. The first-order valence-corrected chi connectivity index (χ1v) is 10.7. The fourth-order valence-electron chi connectivity index (χ4n) is 4.00. The molecule has 0 spiro atoms. The van der Waals surface area contributed by atoms with Gasteiger partial charge >= 0.3 is 6.18 Å². The number of benzene rings is 2. The van der Waals surface area contributed by atoms with Crippen molar-refractivity contribution in [1.82, 2.24) is 15.1 Å². The molecule has 1 aliphatic rings. The number of halogens is 4. The number of hydrogen-bond acceptors (Lipinski definition) is 5. The third kappa shape index (κ3) is 4.37. The molecule has 0 bridgehead atoms. The van der Waals surface area contributed by atoms with E-state index in [2.05, 4.69) is 15.7 Å². The standard InChI is InChI=1S/C23H22ClF3N4O3/c1-28-22(32)14-6-4-12(8-15(14)24)17-11-21-29-16(10-20(23(25,26)27)31(21)30-17)13-5-7-18(33-2)19(9-13)34-3/h4-9,11,16,20,29H,10H2,1-3H3,(H,28,32). The molecule has 7 nitrogen and oxygen atoms in total. The van der Waals surface area contributed by atoms with Crippen LogP contribution in [0.2, 0.25) is 5.02 Å². The van der Waals surface area contributed by atoms with Crippen LogP contribution in [0.3, 0.4) is 0 Å². The smallest absolute Gasteiger partial charge is 0.410 e. The van der Waals surface area contributed by atoms with E-state index in [0.717, 1.165) is 4.68 Å². The average Bonchev–Trinajstić information content (AvgIpc) is 3.25. The van der Waals surface area contributed by atoms with E-state index in [1.54, 1.807) is 24.3 Å². The average molecular weight is 495 g/mol. The molecule has 2 N–H and O–H groups in total. The van der Waals surface area contributed by atoms with Crippen molar-refractivity contribution in [1.29, 1.82) is 0 Å². The normalized spacial score (nSPS) is 17.5. The molecule has 0 radical (unpaired) electrons. The van der Waals surface area contributed by atoms with Gasteiger partial charge in [0.05, 0.1) is 36.5 Å². The number of fused-ring (bicyclic) bond motifs is 1. The van der Waals surface area contributed by atoms with Crippen molar-refractivity contribution < 1.29 is 27.4 Å². The molecule has 2 aromatic carbocycles. The van der Waals surface area contributed by atoms with Gasteiger partial charge in [0.15, 0.2) is 17.5 Å². The Bertz CT molecular complexity index is 1230. The van der Waals surface area contributed by atoms with Crippen LogP contribution < -0.4 is 20.1 Å². The van der Waals surface area contributed by atoms with Gasteiger partial charge in [-0.05, 0) is 29.8 Å². The third-order valence-corrected chi connectivity index (χ3v) is 6.05. The quantitative estimate of drug-likeness (QED) is 0.507. The van der Waals surface area contributed by atoms with Gasteiger partial charge < -0.3 is 20.1 Å². The fourth-order valence-corrected chi connectivity index (χ4v) is 4.26. The van der Waals surface area contributed by atoms with Crippen molar-refractivity contribution in [2.24, 2.45) is 0 Å². The molecule has 1 aromatic heterocycles. The summed E-state index contributed by atoms with van der Waals surface area (Å²) in [6.45, 7) is 0. The molecule has 3 aromatic rings. The van der Waals surface area contributed by atoms with E-state index in [-0.39, 0.29) is 28.7 Å². The zero-order chi connectivity index (χ0) is 24.6. The molecule has 0 fully saturated rings. The number of anilines is 1. The lowest BCUT2D eigenvalue weighted by atomic mass is 9.96. The molecule has 11 heteroatoms.